The van der Waals surface area contributed by atoms with E-state index in [9.17, 15) is 0 Å². The molecule has 1 nitrogen and oxygen atoms in total. The Morgan fingerprint density at radius 1 is 1.21 bits per heavy atom. The molecule has 1 unspecified atom stereocenters. The molecule has 0 aliphatic heterocycles. The topological polar surface area (TPSA) is 12.4 Å². The summed E-state index contributed by atoms with van der Waals surface area (Å²) >= 11 is 0. The lowest BCUT2D eigenvalue weighted by Gasteiger charge is -2.13. The largest absolute Gasteiger partial charge is 0.258 e. The maximum Gasteiger partial charge on any atom is 0.0444 e. The normalized spacial score (nSPS) is 19.3. The Kier molecular flexibility index (Phi) is 6.83. The smallest absolute Gasteiger partial charge is 0.0444 e. The molecule has 0 bridgehead atoms. The average Bonchev–Trinajstić information content (AvgIpc) is 2.39. The van der Waals surface area contributed by atoms with Crippen molar-refractivity contribution in [3.8, 4) is 0 Å². The minimum Gasteiger partial charge on any atom is -0.258 e. The molecule has 106 valence electrons. The van der Waals surface area contributed by atoms with E-state index >= 15 is 0 Å². The Morgan fingerprint density at radius 2 is 1.84 bits per heavy atom. The lowest BCUT2D eigenvalue weighted by atomic mass is 9.96. The Morgan fingerprint density at radius 3 is 2.32 bits per heavy atom. The predicted octanol–water partition coefficient (Wildman–Crippen LogP) is 5.84. The molecule has 0 radical (unpaired) electrons. The summed E-state index contributed by atoms with van der Waals surface area (Å²) < 4.78 is 0. The lowest BCUT2D eigenvalue weighted by Crippen LogP contribution is -2.02. The van der Waals surface area contributed by atoms with Crippen LogP contribution in [0.15, 0.2) is 40.1 Å². The van der Waals surface area contributed by atoms with Crippen LogP contribution < -0.4 is 0 Å². The Bertz CT molecular complexity index is 399. The van der Waals surface area contributed by atoms with Crippen LogP contribution in [0.5, 0.6) is 0 Å². The molecule has 0 saturated heterocycles. The van der Waals surface area contributed by atoms with Crippen LogP contribution in [0.3, 0.4) is 0 Å². The Labute approximate surface area is 119 Å². The van der Waals surface area contributed by atoms with E-state index in [0.29, 0.717) is 5.92 Å². The average molecular weight is 259 g/mol. The van der Waals surface area contributed by atoms with Crippen LogP contribution in [-0.2, 0) is 0 Å². The molecular weight excluding hydrogens is 230 g/mol. The highest BCUT2D eigenvalue weighted by Gasteiger charge is 2.07. The molecule has 0 aromatic heterocycles. The van der Waals surface area contributed by atoms with E-state index in [0.717, 1.165) is 12.1 Å². The molecule has 0 heterocycles. The minimum atomic E-state index is 0.670. The third-order valence-corrected chi connectivity index (χ3v) is 3.68. The zero-order valence-corrected chi connectivity index (χ0v) is 13.3. The summed E-state index contributed by atoms with van der Waals surface area (Å²) in [5.74, 6) is 0.670. The number of aliphatic imine (C=N–C) groups is 1. The van der Waals surface area contributed by atoms with E-state index in [1.807, 2.05) is 0 Å². The van der Waals surface area contributed by atoms with Crippen LogP contribution in [0.25, 0.3) is 0 Å². The first kappa shape index (κ1) is 15.9. The Balaban J connectivity index is 2.87. The van der Waals surface area contributed by atoms with E-state index in [-0.39, 0.29) is 0 Å². The number of rotatable bonds is 6. The van der Waals surface area contributed by atoms with Gasteiger partial charge in [0.15, 0.2) is 0 Å². The van der Waals surface area contributed by atoms with Gasteiger partial charge in [0.05, 0.1) is 0 Å². The van der Waals surface area contributed by atoms with Crippen molar-refractivity contribution < 1.29 is 0 Å². The van der Waals surface area contributed by atoms with Crippen LogP contribution >= 0.6 is 0 Å². The molecular formula is C18H29N. The van der Waals surface area contributed by atoms with Gasteiger partial charge in [-0.3, -0.25) is 4.99 Å². The van der Waals surface area contributed by atoms with Crippen molar-refractivity contribution >= 4 is 5.71 Å². The zero-order valence-electron chi connectivity index (χ0n) is 13.3. The van der Waals surface area contributed by atoms with Crippen LogP contribution in [0.2, 0.25) is 0 Å². The van der Waals surface area contributed by atoms with Gasteiger partial charge in [0.25, 0.3) is 0 Å². The number of hydrogen-bond acceptors (Lipinski definition) is 1. The quantitative estimate of drug-likeness (QED) is 0.531. The van der Waals surface area contributed by atoms with E-state index in [4.69, 9.17) is 4.99 Å². The molecule has 0 spiro atoms. The van der Waals surface area contributed by atoms with Crippen LogP contribution in [-0.4, -0.2) is 5.71 Å². The summed E-state index contributed by atoms with van der Waals surface area (Å²) in [5, 5.41) is 0. The molecule has 1 aliphatic carbocycles. The lowest BCUT2D eigenvalue weighted by molar-refractivity contribution is 0.734. The minimum absolute atomic E-state index is 0.670. The van der Waals surface area contributed by atoms with Crippen molar-refractivity contribution in [2.24, 2.45) is 10.9 Å². The molecule has 0 N–H and O–H groups in total. The summed E-state index contributed by atoms with van der Waals surface area (Å²) in [5.41, 5.74) is 5.21. The maximum atomic E-state index is 4.84. The first-order valence-corrected chi connectivity index (χ1v) is 7.71. The van der Waals surface area contributed by atoms with Crippen molar-refractivity contribution in [2.45, 2.75) is 66.7 Å². The SMILES string of the molecule is CCCC(CCC)=C(C)N=C(C)C1=CCC(C)C=C1. The fraction of sp³-hybridized carbons (Fsp3) is 0.611. The van der Waals surface area contributed by atoms with E-state index < -0.39 is 0 Å². The highest BCUT2D eigenvalue weighted by molar-refractivity contribution is 6.01. The third kappa shape index (κ3) is 5.18. The van der Waals surface area contributed by atoms with Crippen LogP contribution in [0, 0.1) is 5.92 Å². The molecule has 0 amide bonds. The van der Waals surface area contributed by atoms with Gasteiger partial charge in [-0.1, -0.05) is 51.8 Å². The van der Waals surface area contributed by atoms with Crippen molar-refractivity contribution in [2.75, 3.05) is 0 Å². The van der Waals surface area contributed by atoms with Gasteiger partial charge in [-0.2, -0.15) is 0 Å². The first-order chi connectivity index (χ1) is 9.08. The number of hydrogen-bond donors (Lipinski definition) is 0. The van der Waals surface area contributed by atoms with Crippen molar-refractivity contribution in [3.63, 3.8) is 0 Å². The third-order valence-electron chi connectivity index (χ3n) is 3.68. The molecule has 0 fully saturated rings. The monoisotopic (exact) mass is 259 g/mol. The van der Waals surface area contributed by atoms with Gasteiger partial charge in [0.1, 0.15) is 0 Å². The summed E-state index contributed by atoms with van der Waals surface area (Å²) in [7, 11) is 0. The molecule has 1 atom stereocenters. The number of nitrogens with zero attached hydrogens (tertiary/aromatic N) is 1. The second kappa shape index (κ2) is 8.14. The van der Waals surface area contributed by atoms with Gasteiger partial charge < -0.3 is 0 Å². The fourth-order valence-corrected chi connectivity index (χ4v) is 2.48. The van der Waals surface area contributed by atoms with Gasteiger partial charge in [0.2, 0.25) is 0 Å². The van der Waals surface area contributed by atoms with E-state index in [2.05, 4.69) is 52.8 Å². The van der Waals surface area contributed by atoms with Gasteiger partial charge in [0, 0.05) is 11.4 Å². The fourth-order valence-electron chi connectivity index (χ4n) is 2.48. The van der Waals surface area contributed by atoms with Gasteiger partial charge in [-0.25, -0.2) is 0 Å². The van der Waals surface area contributed by atoms with Crippen LogP contribution in [0.1, 0.15) is 66.7 Å². The van der Waals surface area contributed by atoms with Gasteiger partial charge >= 0.3 is 0 Å². The van der Waals surface area contributed by atoms with Crippen molar-refractivity contribution in [1.82, 2.24) is 0 Å². The molecule has 0 aromatic carbocycles. The molecule has 1 rings (SSSR count). The summed E-state index contributed by atoms with van der Waals surface area (Å²) in [6.07, 6.45) is 12.7. The van der Waals surface area contributed by atoms with E-state index in [1.165, 1.54) is 42.5 Å². The standard InChI is InChI=1S/C18H29N/c1-6-8-17(9-7-2)15(4)19-16(5)18-12-10-14(3)11-13-18/h10,12-14H,6-9,11H2,1-5H3. The van der Waals surface area contributed by atoms with Gasteiger partial charge in [-0.05, 0) is 50.2 Å². The molecule has 1 aliphatic rings. The van der Waals surface area contributed by atoms with Crippen molar-refractivity contribution in [1.29, 1.82) is 0 Å². The highest BCUT2D eigenvalue weighted by Crippen LogP contribution is 2.21. The highest BCUT2D eigenvalue weighted by atomic mass is 14.7. The first-order valence-electron chi connectivity index (χ1n) is 7.71. The van der Waals surface area contributed by atoms with Gasteiger partial charge in [-0.15, -0.1) is 0 Å². The molecule has 19 heavy (non-hydrogen) atoms. The molecule has 0 aromatic rings. The van der Waals surface area contributed by atoms with Crippen LogP contribution in [0.4, 0.5) is 0 Å². The predicted molar refractivity (Wildman–Crippen MR) is 86.6 cm³/mol. The molecule has 1 heteroatoms. The number of allylic oxidation sites excluding steroid dienone is 6. The Hall–Kier alpha value is -1.11. The van der Waals surface area contributed by atoms with Crippen molar-refractivity contribution in [3.05, 3.63) is 35.1 Å². The summed E-state index contributed by atoms with van der Waals surface area (Å²) in [6, 6.07) is 0. The zero-order chi connectivity index (χ0) is 14.3. The van der Waals surface area contributed by atoms with E-state index in [1.54, 1.807) is 0 Å². The molecule has 0 saturated carbocycles. The second-order valence-electron chi connectivity index (χ2n) is 5.62. The summed E-state index contributed by atoms with van der Waals surface area (Å²) in [6.45, 7) is 11.0. The maximum absolute atomic E-state index is 4.84. The second-order valence-corrected chi connectivity index (χ2v) is 5.62. The summed E-state index contributed by atoms with van der Waals surface area (Å²) in [4.78, 5) is 4.84.